The van der Waals surface area contributed by atoms with Crippen molar-refractivity contribution in [2.75, 3.05) is 37.7 Å². The molecule has 2 aliphatic rings. The number of amides is 2. The summed E-state index contributed by atoms with van der Waals surface area (Å²) in [5.74, 6) is 2.32. The van der Waals surface area contributed by atoms with Gasteiger partial charge in [-0.2, -0.15) is 11.8 Å². The number of thioether (sulfide) groups is 1. The first-order chi connectivity index (χ1) is 9.34. The van der Waals surface area contributed by atoms with Crippen LogP contribution >= 0.6 is 11.8 Å². The Hall–Kier alpha value is -0.420. The van der Waals surface area contributed by atoms with E-state index < -0.39 is 0 Å². The first kappa shape index (κ1) is 15.0. The molecule has 4 nitrogen and oxygen atoms in total. The summed E-state index contributed by atoms with van der Waals surface area (Å²) in [5, 5.41) is 6.05. The van der Waals surface area contributed by atoms with Gasteiger partial charge in [-0.25, -0.2) is 4.79 Å². The van der Waals surface area contributed by atoms with E-state index in [0.29, 0.717) is 6.04 Å². The van der Waals surface area contributed by atoms with E-state index in [-0.39, 0.29) is 6.03 Å². The third kappa shape index (κ3) is 6.04. The zero-order valence-corrected chi connectivity index (χ0v) is 12.6. The highest BCUT2D eigenvalue weighted by Gasteiger charge is 2.15. The number of hydrogen-bond donors (Lipinski definition) is 2. The quantitative estimate of drug-likeness (QED) is 0.734. The van der Waals surface area contributed by atoms with Crippen LogP contribution in [0.5, 0.6) is 0 Å². The largest absolute Gasteiger partial charge is 0.338 e. The van der Waals surface area contributed by atoms with Crippen molar-refractivity contribution < 1.29 is 4.79 Å². The summed E-state index contributed by atoms with van der Waals surface area (Å²) in [7, 11) is 0. The Kier molecular flexibility index (Phi) is 6.85. The molecule has 0 unspecified atom stereocenters. The summed E-state index contributed by atoms with van der Waals surface area (Å²) in [5.41, 5.74) is 0. The third-order valence-electron chi connectivity index (χ3n) is 3.88. The molecule has 2 aliphatic heterocycles. The zero-order chi connectivity index (χ0) is 13.3. The lowest BCUT2D eigenvalue weighted by Gasteiger charge is -2.22. The fourth-order valence-corrected chi connectivity index (χ4v) is 3.83. The number of urea groups is 1. The van der Waals surface area contributed by atoms with Gasteiger partial charge in [-0.15, -0.1) is 0 Å². The highest BCUT2D eigenvalue weighted by molar-refractivity contribution is 7.99. The molecule has 0 spiro atoms. The minimum absolute atomic E-state index is 0.0219. The van der Waals surface area contributed by atoms with Gasteiger partial charge in [-0.3, -0.25) is 0 Å². The Labute approximate surface area is 121 Å². The van der Waals surface area contributed by atoms with Gasteiger partial charge in [-0.05, 0) is 63.9 Å². The number of nitrogens with one attached hydrogen (secondary N) is 2. The predicted octanol–water partition coefficient (Wildman–Crippen LogP) is 2.06. The van der Waals surface area contributed by atoms with Crippen molar-refractivity contribution in [3.8, 4) is 0 Å². The van der Waals surface area contributed by atoms with Crippen LogP contribution in [0.25, 0.3) is 0 Å². The first-order valence-corrected chi connectivity index (χ1v) is 8.84. The fourth-order valence-electron chi connectivity index (χ4n) is 2.76. The summed E-state index contributed by atoms with van der Waals surface area (Å²) >= 11 is 1.94. The van der Waals surface area contributed by atoms with E-state index >= 15 is 0 Å². The minimum atomic E-state index is 0.0219. The molecule has 5 heteroatoms. The standard InChI is InChI=1S/C14H27N3OS/c18-14(16-13-6-5-11-19-12-13)15-7-1-2-8-17-9-3-4-10-17/h13H,1-12H2,(H2,15,16,18)/t13-/m0/s1. The Morgan fingerprint density at radius 3 is 2.79 bits per heavy atom. The van der Waals surface area contributed by atoms with E-state index in [9.17, 15) is 4.79 Å². The van der Waals surface area contributed by atoms with Gasteiger partial charge >= 0.3 is 6.03 Å². The van der Waals surface area contributed by atoms with Gasteiger partial charge in [0.15, 0.2) is 0 Å². The second-order valence-corrected chi connectivity index (χ2v) is 6.72. The molecule has 0 aromatic rings. The summed E-state index contributed by atoms with van der Waals surface area (Å²) < 4.78 is 0. The predicted molar refractivity (Wildman–Crippen MR) is 81.8 cm³/mol. The van der Waals surface area contributed by atoms with E-state index in [1.165, 1.54) is 51.1 Å². The molecule has 110 valence electrons. The second-order valence-electron chi connectivity index (χ2n) is 5.57. The van der Waals surface area contributed by atoms with Crippen molar-refractivity contribution in [1.82, 2.24) is 15.5 Å². The highest BCUT2D eigenvalue weighted by atomic mass is 32.2. The monoisotopic (exact) mass is 285 g/mol. The maximum Gasteiger partial charge on any atom is 0.315 e. The van der Waals surface area contributed by atoms with Crippen LogP contribution in [0.1, 0.15) is 38.5 Å². The Morgan fingerprint density at radius 1 is 1.21 bits per heavy atom. The van der Waals surface area contributed by atoms with Gasteiger partial charge in [0, 0.05) is 18.3 Å². The molecule has 19 heavy (non-hydrogen) atoms. The van der Waals surface area contributed by atoms with Crippen molar-refractivity contribution in [2.45, 2.75) is 44.6 Å². The molecule has 0 saturated carbocycles. The SMILES string of the molecule is O=C(NCCCCN1CCCC1)N[C@H]1CCCSC1. The van der Waals surface area contributed by atoms with Crippen LogP contribution in [0, 0.1) is 0 Å². The molecule has 2 heterocycles. The minimum Gasteiger partial charge on any atom is -0.338 e. The van der Waals surface area contributed by atoms with E-state index in [1.807, 2.05) is 11.8 Å². The van der Waals surface area contributed by atoms with Crippen LogP contribution in [0.4, 0.5) is 4.79 Å². The first-order valence-electron chi connectivity index (χ1n) is 7.69. The molecule has 1 atom stereocenters. The van der Waals surface area contributed by atoms with Gasteiger partial charge in [0.25, 0.3) is 0 Å². The van der Waals surface area contributed by atoms with Crippen LogP contribution in [0.3, 0.4) is 0 Å². The average molecular weight is 285 g/mol. The van der Waals surface area contributed by atoms with Crippen molar-refractivity contribution in [3.05, 3.63) is 0 Å². The number of nitrogens with zero attached hydrogens (tertiary/aromatic N) is 1. The lowest BCUT2D eigenvalue weighted by atomic mass is 10.2. The van der Waals surface area contributed by atoms with Gasteiger partial charge < -0.3 is 15.5 Å². The topological polar surface area (TPSA) is 44.4 Å². The lowest BCUT2D eigenvalue weighted by molar-refractivity contribution is 0.236. The maximum absolute atomic E-state index is 11.7. The number of hydrogen-bond acceptors (Lipinski definition) is 3. The maximum atomic E-state index is 11.7. The number of unbranched alkanes of at least 4 members (excludes halogenated alkanes) is 1. The molecule has 0 radical (unpaired) electrons. The molecule has 0 aliphatic carbocycles. The van der Waals surface area contributed by atoms with Crippen molar-refractivity contribution >= 4 is 17.8 Å². The summed E-state index contributed by atoms with van der Waals surface area (Å²) in [6, 6.07) is 0.400. The number of rotatable bonds is 6. The molecule has 2 fully saturated rings. The summed E-state index contributed by atoms with van der Waals surface area (Å²) in [4.78, 5) is 14.2. The zero-order valence-electron chi connectivity index (χ0n) is 11.8. The van der Waals surface area contributed by atoms with Crippen LogP contribution in [0.15, 0.2) is 0 Å². The van der Waals surface area contributed by atoms with Crippen molar-refractivity contribution in [2.24, 2.45) is 0 Å². The molecular formula is C14H27N3OS. The van der Waals surface area contributed by atoms with Crippen LogP contribution in [0.2, 0.25) is 0 Å². The molecule has 2 rings (SSSR count). The smallest absolute Gasteiger partial charge is 0.315 e. The third-order valence-corrected chi connectivity index (χ3v) is 5.10. The molecule has 2 N–H and O–H groups in total. The second kappa shape index (κ2) is 8.69. The molecule has 2 amide bonds. The van der Waals surface area contributed by atoms with E-state index in [1.54, 1.807) is 0 Å². The van der Waals surface area contributed by atoms with E-state index in [4.69, 9.17) is 0 Å². The fraction of sp³-hybridized carbons (Fsp3) is 0.929. The number of carbonyl (C=O) groups excluding carboxylic acids is 1. The number of carbonyl (C=O) groups is 1. The Balaban J connectivity index is 1.44. The molecular weight excluding hydrogens is 258 g/mol. The van der Waals surface area contributed by atoms with Crippen LogP contribution < -0.4 is 10.6 Å². The van der Waals surface area contributed by atoms with Crippen molar-refractivity contribution in [1.29, 1.82) is 0 Å². The molecule has 2 saturated heterocycles. The summed E-state index contributed by atoms with van der Waals surface area (Å²) in [6.07, 6.45) is 7.36. The highest BCUT2D eigenvalue weighted by Crippen LogP contribution is 2.16. The van der Waals surface area contributed by atoms with Gasteiger partial charge in [-0.1, -0.05) is 0 Å². The molecule has 0 bridgehead atoms. The lowest BCUT2D eigenvalue weighted by Crippen LogP contribution is -2.44. The Morgan fingerprint density at radius 2 is 2.05 bits per heavy atom. The van der Waals surface area contributed by atoms with Gasteiger partial charge in [0.05, 0.1) is 0 Å². The Bertz CT molecular complexity index is 263. The summed E-state index contributed by atoms with van der Waals surface area (Å²) in [6.45, 7) is 4.54. The normalized spacial score (nSPS) is 24.3. The van der Waals surface area contributed by atoms with E-state index in [0.717, 1.165) is 25.1 Å². The van der Waals surface area contributed by atoms with Crippen LogP contribution in [-0.4, -0.2) is 54.7 Å². The van der Waals surface area contributed by atoms with Crippen molar-refractivity contribution in [3.63, 3.8) is 0 Å². The number of likely N-dealkylation sites (tertiary alicyclic amines) is 1. The van der Waals surface area contributed by atoms with E-state index in [2.05, 4.69) is 15.5 Å². The van der Waals surface area contributed by atoms with Gasteiger partial charge in [0.1, 0.15) is 0 Å². The van der Waals surface area contributed by atoms with Gasteiger partial charge in [0.2, 0.25) is 0 Å². The molecule has 0 aromatic carbocycles. The average Bonchev–Trinajstić information content (AvgIpc) is 2.92. The molecule has 0 aromatic heterocycles. The van der Waals surface area contributed by atoms with Crippen LogP contribution in [-0.2, 0) is 0 Å².